The number of rotatable bonds is 4. The van der Waals surface area contributed by atoms with Gasteiger partial charge in [-0.1, -0.05) is 6.92 Å². The van der Waals surface area contributed by atoms with Crippen LogP contribution in [0.1, 0.15) is 30.9 Å². The summed E-state index contributed by atoms with van der Waals surface area (Å²) < 4.78 is 16.3. The highest BCUT2D eigenvalue weighted by molar-refractivity contribution is 5.83. The van der Waals surface area contributed by atoms with Gasteiger partial charge in [-0.05, 0) is 18.6 Å². The summed E-state index contributed by atoms with van der Waals surface area (Å²) >= 11 is 0. The van der Waals surface area contributed by atoms with Gasteiger partial charge in [0.25, 0.3) is 0 Å². The molecule has 0 saturated carbocycles. The van der Waals surface area contributed by atoms with Crippen molar-refractivity contribution in [2.75, 3.05) is 39.5 Å². The first-order chi connectivity index (χ1) is 11.2. The zero-order chi connectivity index (χ0) is 16.2. The number of nitrogens with zero attached hydrogens (tertiary/aromatic N) is 2. The second-order valence-electron chi connectivity index (χ2n) is 5.72. The predicted octanol–water partition coefficient (Wildman–Crippen LogP) is 1.58. The Morgan fingerprint density at radius 3 is 2.91 bits per heavy atom. The Kier molecular flexibility index (Phi) is 4.85. The van der Waals surface area contributed by atoms with Crippen molar-refractivity contribution in [1.29, 1.82) is 0 Å². The molecule has 1 aromatic rings. The van der Waals surface area contributed by atoms with Gasteiger partial charge in [0.15, 0.2) is 0 Å². The number of hydrogen-bond donors (Lipinski definition) is 0. The zero-order valence-corrected chi connectivity index (χ0v) is 13.3. The monoisotopic (exact) mass is 322 g/mol. The van der Waals surface area contributed by atoms with Crippen LogP contribution in [-0.2, 0) is 20.7 Å². The number of ether oxygens (including phenoxy) is 2. The van der Waals surface area contributed by atoms with Gasteiger partial charge in [0.05, 0.1) is 19.8 Å². The molecule has 7 nitrogen and oxygen atoms in total. The first-order valence-corrected chi connectivity index (χ1v) is 8.06. The fraction of sp³-hybridized carbons (Fsp3) is 0.625. The summed E-state index contributed by atoms with van der Waals surface area (Å²) in [6.07, 6.45) is 1.14. The zero-order valence-electron chi connectivity index (χ0n) is 13.3. The first kappa shape index (κ1) is 15.9. The summed E-state index contributed by atoms with van der Waals surface area (Å²) in [5.41, 5.74) is 0. The summed E-state index contributed by atoms with van der Waals surface area (Å²) in [4.78, 5) is 27.5. The van der Waals surface area contributed by atoms with Crippen molar-refractivity contribution < 1.29 is 23.5 Å². The van der Waals surface area contributed by atoms with Crippen molar-refractivity contribution in [2.45, 2.75) is 25.8 Å². The molecule has 3 rings (SSSR count). The molecular formula is C16H22N2O5. The molecule has 0 N–H and O–H groups in total. The van der Waals surface area contributed by atoms with Gasteiger partial charge in [0.1, 0.15) is 24.1 Å². The van der Waals surface area contributed by atoms with Crippen molar-refractivity contribution in [3.05, 3.63) is 23.7 Å². The molecule has 2 aliphatic heterocycles. The van der Waals surface area contributed by atoms with Crippen LogP contribution in [0.3, 0.4) is 0 Å². The van der Waals surface area contributed by atoms with Gasteiger partial charge in [0.2, 0.25) is 5.91 Å². The molecule has 0 aromatic carbocycles. The third-order valence-corrected chi connectivity index (χ3v) is 4.19. The molecule has 0 unspecified atom stereocenters. The lowest BCUT2D eigenvalue weighted by atomic mass is 10.1. The Morgan fingerprint density at radius 2 is 2.17 bits per heavy atom. The van der Waals surface area contributed by atoms with E-state index in [1.165, 1.54) is 4.90 Å². The molecule has 3 heterocycles. The van der Waals surface area contributed by atoms with Gasteiger partial charge in [0, 0.05) is 19.5 Å². The number of aryl methyl sites for hydroxylation is 1. The van der Waals surface area contributed by atoms with Crippen molar-refractivity contribution in [1.82, 2.24) is 9.80 Å². The van der Waals surface area contributed by atoms with E-state index in [1.54, 1.807) is 4.90 Å². The number of carbonyl (C=O) groups excluding carboxylic acids is 2. The molecule has 2 aliphatic rings. The van der Waals surface area contributed by atoms with Crippen molar-refractivity contribution in [3.8, 4) is 0 Å². The van der Waals surface area contributed by atoms with E-state index in [1.807, 2.05) is 19.1 Å². The van der Waals surface area contributed by atoms with Crippen LogP contribution in [0.2, 0.25) is 0 Å². The maximum Gasteiger partial charge on any atom is 0.410 e. The molecule has 126 valence electrons. The lowest BCUT2D eigenvalue weighted by molar-refractivity contribution is -0.142. The highest BCUT2D eigenvalue weighted by atomic mass is 16.6. The van der Waals surface area contributed by atoms with Gasteiger partial charge >= 0.3 is 6.09 Å². The summed E-state index contributed by atoms with van der Waals surface area (Å²) in [5, 5.41) is 0. The fourth-order valence-electron chi connectivity index (χ4n) is 2.90. The molecule has 23 heavy (non-hydrogen) atoms. The van der Waals surface area contributed by atoms with Crippen LogP contribution in [0, 0.1) is 0 Å². The maximum atomic E-state index is 12.7. The van der Waals surface area contributed by atoms with E-state index in [0.717, 1.165) is 24.4 Å². The molecule has 2 fully saturated rings. The Labute approximate surface area is 135 Å². The average Bonchev–Trinajstić information content (AvgIpc) is 3.06. The number of hydrogen-bond acceptors (Lipinski definition) is 5. The smallest absolute Gasteiger partial charge is 0.410 e. The summed E-state index contributed by atoms with van der Waals surface area (Å²) in [6.45, 7) is 4.44. The number of cyclic esters (lactones) is 1. The van der Waals surface area contributed by atoms with E-state index in [4.69, 9.17) is 13.9 Å². The molecule has 1 aromatic heterocycles. The van der Waals surface area contributed by atoms with Gasteiger partial charge in [-0.3, -0.25) is 9.69 Å². The molecule has 2 saturated heterocycles. The topological polar surface area (TPSA) is 72.2 Å². The summed E-state index contributed by atoms with van der Waals surface area (Å²) in [6, 6.07) is 3.58. The normalized spacial score (nSPS) is 22.1. The number of carbonyl (C=O) groups is 2. The number of furan rings is 1. The minimum atomic E-state index is -0.416. The van der Waals surface area contributed by atoms with Crippen LogP contribution >= 0.6 is 0 Å². The molecule has 1 atom stereocenters. The summed E-state index contributed by atoms with van der Waals surface area (Å²) in [7, 11) is 0. The van der Waals surface area contributed by atoms with E-state index in [9.17, 15) is 9.59 Å². The van der Waals surface area contributed by atoms with Gasteiger partial charge < -0.3 is 18.8 Å². The van der Waals surface area contributed by atoms with Crippen LogP contribution in [0.5, 0.6) is 0 Å². The van der Waals surface area contributed by atoms with Crippen molar-refractivity contribution in [3.63, 3.8) is 0 Å². The van der Waals surface area contributed by atoms with Gasteiger partial charge in [-0.25, -0.2) is 4.79 Å². The molecule has 7 heteroatoms. The van der Waals surface area contributed by atoms with Gasteiger partial charge in [-0.2, -0.15) is 0 Å². The molecule has 0 bridgehead atoms. The third-order valence-electron chi connectivity index (χ3n) is 4.19. The molecule has 2 amide bonds. The van der Waals surface area contributed by atoms with Crippen molar-refractivity contribution >= 4 is 12.0 Å². The van der Waals surface area contributed by atoms with Crippen LogP contribution in [0.15, 0.2) is 16.5 Å². The largest absolute Gasteiger partial charge is 0.464 e. The third kappa shape index (κ3) is 3.50. The van der Waals surface area contributed by atoms with Crippen LogP contribution in [0.4, 0.5) is 4.79 Å². The Balaban J connectivity index is 1.70. The first-order valence-electron chi connectivity index (χ1n) is 8.06. The highest BCUT2D eigenvalue weighted by Crippen LogP contribution is 2.26. The molecule has 0 radical (unpaired) electrons. The number of morpholine rings is 1. The van der Waals surface area contributed by atoms with Crippen LogP contribution < -0.4 is 0 Å². The van der Waals surface area contributed by atoms with E-state index in [0.29, 0.717) is 32.9 Å². The second-order valence-corrected chi connectivity index (χ2v) is 5.72. The minimum absolute atomic E-state index is 0.0384. The lowest BCUT2D eigenvalue weighted by Gasteiger charge is -2.36. The fourth-order valence-corrected chi connectivity index (χ4v) is 2.90. The van der Waals surface area contributed by atoms with Crippen molar-refractivity contribution in [2.24, 2.45) is 0 Å². The lowest BCUT2D eigenvalue weighted by Crippen LogP contribution is -2.49. The Morgan fingerprint density at radius 1 is 1.30 bits per heavy atom. The van der Waals surface area contributed by atoms with E-state index >= 15 is 0 Å². The van der Waals surface area contributed by atoms with Crippen LogP contribution in [0.25, 0.3) is 0 Å². The Bertz CT molecular complexity index is 571. The predicted molar refractivity (Wildman–Crippen MR) is 80.9 cm³/mol. The standard InChI is InChI=1S/C16H22N2O5/c1-2-12-4-5-14(23-12)13-11-21-9-7-18(13)15(19)10-17-6-3-8-22-16(17)20/h4-5,13H,2-3,6-11H2,1H3/t13-/m0/s1. The van der Waals surface area contributed by atoms with Crippen LogP contribution in [-0.4, -0.2) is 61.3 Å². The van der Waals surface area contributed by atoms with E-state index in [2.05, 4.69) is 0 Å². The average molecular weight is 322 g/mol. The molecule has 0 spiro atoms. The van der Waals surface area contributed by atoms with E-state index < -0.39 is 6.09 Å². The molecule has 0 aliphatic carbocycles. The Hall–Kier alpha value is -2.02. The van der Waals surface area contributed by atoms with Gasteiger partial charge in [-0.15, -0.1) is 0 Å². The number of amides is 2. The maximum absolute atomic E-state index is 12.7. The molecular weight excluding hydrogens is 300 g/mol. The summed E-state index contributed by atoms with van der Waals surface area (Å²) in [5.74, 6) is 1.51. The van der Waals surface area contributed by atoms with E-state index in [-0.39, 0.29) is 18.5 Å². The minimum Gasteiger partial charge on any atom is -0.464 e. The highest BCUT2D eigenvalue weighted by Gasteiger charge is 2.33. The quantitative estimate of drug-likeness (QED) is 0.841. The second kappa shape index (κ2) is 7.04. The SMILES string of the molecule is CCc1ccc([C@@H]2COCCN2C(=O)CN2CCCOC2=O)o1.